The lowest BCUT2D eigenvalue weighted by Crippen LogP contribution is -2.35. The second kappa shape index (κ2) is 6.55. The van der Waals surface area contributed by atoms with Crippen LogP contribution in [0.15, 0.2) is 48.5 Å². The zero-order valence-electron chi connectivity index (χ0n) is 12.8. The molecule has 0 aromatic heterocycles. The van der Waals surface area contributed by atoms with E-state index in [1.165, 1.54) is 11.1 Å². The number of carbonyl (C=O) groups excluding carboxylic acids is 1. The van der Waals surface area contributed by atoms with E-state index in [-0.39, 0.29) is 11.9 Å². The van der Waals surface area contributed by atoms with Crippen molar-refractivity contribution in [2.24, 2.45) is 5.73 Å². The first-order valence-corrected chi connectivity index (χ1v) is 7.17. The summed E-state index contributed by atoms with van der Waals surface area (Å²) in [5.74, 6) is -0.159. The molecule has 2 unspecified atom stereocenters. The van der Waals surface area contributed by atoms with Gasteiger partial charge in [-0.2, -0.15) is 0 Å². The third kappa shape index (κ3) is 3.70. The molecule has 0 aliphatic carbocycles. The molecule has 0 spiro atoms. The van der Waals surface area contributed by atoms with Gasteiger partial charge in [0.2, 0.25) is 5.91 Å². The predicted molar refractivity (Wildman–Crippen MR) is 85.8 cm³/mol. The van der Waals surface area contributed by atoms with Crippen LogP contribution in [-0.4, -0.2) is 5.91 Å². The van der Waals surface area contributed by atoms with Gasteiger partial charge in [-0.05, 0) is 37.5 Å². The fourth-order valence-electron chi connectivity index (χ4n) is 2.50. The molecular formula is C18H22N2O. The van der Waals surface area contributed by atoms with E-state index < -0.39 is 6.04 Å². The Hall–Kier alpha value is -2.13. The number of hydrogen-bond donors (Lipinski definition) is 2. The highest BCUT2D eigenvalue weighted by atomic mass is 16.2. The molecule has 2 aromatic carbocycles. The maximum atomic E-state index is 12.3. The van der Waals surface area contributed by atoms with Crippen molar-refractivity contribution in [1.29, 1.82) is 0 Å². The molecule has 1 amide bonds. The lowest BCUT2D eigenvalue weighted by molar-refractivity contribution is -0.123. The van der Waals surface area contributed by atoms with Crippen LogP contribution in [0.3, 0.4) is 0 Å². The molecule has 0 heterocycles. The monoisotopic (exact) mass is 282 g/mol. The van der Waals surface area contributed by atoms with Gasteiger partial charge in [0.1, 0.15) is 6.04 Å². The second-order valence-electron chi connectivity index (χ2n) is 5.48. The van der Waals surface area contributed by atoms with Crippen LogP contribution >= 0.6 is 0 Å². The Balaban J connectivity index is 2.08. The molecule has 3 nitrogen and oxygen atoms in total. The number of rotatable bonds is 4. The molecule has 0 aliphatic heterocycles. The molecule has 0 radical (unpaired) electrons. The minimum Gasteiger partial charge on any atom is -0.348 e. The topological polar surface area (TPSA) is 55.1 Å². The van der Waals surface area contributed by atoms with E-state index in [2.05, 4.69) is 37.4 Å². The Labute approximate surface area is 126 Å². The number of aryl methyl sites for hydroxylation is 2. The van der Waals surface area contributed by atoms with E-state index in [0.29, 0.717) is 0 Å². The van der Waals surface area contributed by atoms with Crippen LogP contribution in [0, 0.1) is 13.8 Å². The Morgan fingerprint density at radius 3 is 2.38 bits per heavy atom. The van der Waals surface area contributed by atoms with Crippen LogP contribution < -0.4 is 11.1 Å². The summed E-state index contributed by atoms with van der Waals surface area (Å²) in [7, 11) is 0. The van der Waals surface area contributed by atoms with Gasteiger partial charge in [-0.15, -0.1) is 0 Å². The van der Waals surface area contributed by atoms with Gasteiger partial charge in [-0.1, -0.05) is 54.1 Å². The van der Waals surface area contributed by atoms with Gasteiger partial charge in [-0.3, -0.25) is 4.79 Å². The molecule has 0 saturated carbocycles. The molecule has 2 aromatic rings. The smallest absolute Gasteiger partial charge is 0.241 e. The SMILES string of the molecule is Cc1ccc(C(C)NC(=O)C(N)c2ccccc2)c(C)c1. The van der Waals surface area contributed by atoms with Gasteiger partial charge >= 0.3 is 0 Å². The highest BCUT2D eigenvalue weighted by Crippen LogP contribution is 2.19. The molecule has 110 valence electrons. The van der Waals surface area contributed by atoms with E-state index in [9.17, 15) is 4.79 Å². The maximum absolute atomic E-state index is 12.3. The standard InChI is InChI=1S/C18H22N2O/c1-12-9-10-16(13(2)11-12)14(3)20-18(21)17(19)15-7-5-4-6-8-15/h4-11,14,17H,19H2,1-3H3,(H,20,21). The summed E-state index contributed by atoms with van der Waals surface area (Å²) < 4.78 is 0. The number of carbonyl (C=O) groups is 1. The van der Waals surface area contributed by atoms with Crippen molar-refractivity contribution in [2.45, 2.75) is 32.9 Å². The van der Waals surface area contributed by atoms with Crippen LogP contribution in [-0.2, 0) is 4.79 Å². The quantitative estimate of drug-likeness (QED) is 0.905. The zero-order chi connectivity index (χ0) is 15.4. The van der Waals surface area contributed by atoms with E-state index in [4.69, 9.17) is 5.73 Å². The van der Waals surface area contributed by atoms with Gasteiger partial charge in [0, 0.05) is 0 Å². The molecule has 0 aliphatic rings. The van der Waals surface area contributed by atoms with Gasteiger partial charge in [0.15, 0.2) is 0 Å². The van der Waals surface area contributed by atoms with Crippen molar-refractivity contribution in [3.8, 4) is 0 Å². The highest BCUT2D eigenvalue weighted by molar-refractivity contribution is 5.83. The lowest BCUT2D eigenvalue weighted by atomic mass is 9.99. The molecule has 2 atom stereocenters. The predicted octanol–water partition coefficient (Wildman–Crippen LogP) is 3.18. The summed E-state index contributed by atoms with van der Waals surface area (Å²) >= 11 is 0. The minimum absolute atomic E-state index is 0.0622. The third-order valence-corrected chi connectivity index (χ3v) is 3.69. The molecule has 3 N–H and O–H groups in total. The molecule has 0 saturated heterocycles. The Morgan fingerprint density at radius 1 is 1.10 bits per heavy atom. The summed E-state index contributed by atoms with van der Waals surface area (Å²) in [6.07, 6.45) is 0. The molecular weight excluding hydrogens is 260 g/mol. The number of nitrogens with one attached hydrogen (secondary N) is 1. The van der Waals surface area contributed by atoms with E-state index in [1.807, 2.05) is 37.3 Å². The number of amides is 1. The van der Waals surface area contributed by atoms with Crippen molar-refractivity contribution >= 4 is 5.91 Å². The summed E-state index contributed by atoms with van der Waals surface area (Å²) in [5.41, 5.74) is 10.4. The van der Waals surface area contributed by atoms with Gasteiger partial charge in [0.05, 0.1) is 6.04 Å². The first-order chi connectivity index (χ1) is 9.99. The first kappa shape index (κ1) is 15.3. The highest BCUT2D eigenvalue weighted by Gasteiger charge is 2.18. The Kier molecular flexibility index (Phi) is 4.76. The number of benzene rings is 2. The Morgan fingerprint density at radius 2 is 1.76 bits per heavy atom. The molecule has 0 bridgehead atoms. The largest absolute Gasteiger partial charge is 0.348 e. The molecule has 0 fully saturated rings. The number of nitrogens with two attached hydrogens (primary N) is 1. The van der Waals surface area contributed by atoms with Gasteiger partial charge in [0.25, 0.3) is 0 Å². The third-order valence-electron chi connectivity index (χ3n) is 3.69. The van der Waals surface area contributed by atoms with Crippen LogP contribution in [0.25, 0.3) is 0 Å². The fraction of sp³-hybridized carbons (Fsp3) is 0.278. The van der Waals surface area contributed by atoms with Crippen molar-refractivity contribution in [2.75, 3.05) is 0 Å². The molecule has 3 heteroatoms. The average Bonchev–Trinajstić information content (AvgIpc) is 2.47. The second-order valence-corrected chi connectivity index (χ2v) is 5.48. The average molecular weight is 282 g/mol. The molecule has 2 rings (SSSR count). The molecule has 21 heavy (non-hydrogen) atoms. The van der Waals surface area contributed by atoms with E-state index >= 15 is 0 Å². The zero-order valence-corrected chi connectivity index (χ0v) is 12.8. The van der Waals surface area contributed by atoms with Gasteiger partial charge in [-0.25, -0.2) is 0 Å². The van der Waals surface area contributed by atoms with Crippen LogP contribution in [0.4, 0.5) is 0 Å². The number of hydrogen-bond acceptors (Lipinski definition) is 2. The van der Waals surface area contributed by atoms with Gasteiger partial charge < -0.3 is 11.1 Å². The normalized spacial score (nSPS) is 13.5. The van der Waals surface area contributed by atoms with Crippen molar-refractivity contribution in [3.05, 3.63) is 70.8 Å². The van der Waals surface area contributed by atoms with Crippen LogP contribution in [0.5, 0.6) is 0 Å². The summed E-state index contributed by atoms with van der Waals surface area (Å²) in [6, 6.07) is 14.9. The first-order valence-electron chi connectivity index (χ1n) is 7.17. The minimum atomic E-state index is -0.639. The van der Waals surface area contributed by atoms with E-state index in [0.717, 1.165) is 11.1 Å². The van der Waals surface area contributed by atoms with Crippen molar-refractivity contribution < 1.29 is 4.79 Å². The fourth-order valence-corrected chi connectivity index (χ4v) is 2.50. The lowest BCUT2D eigenvalue weighted by Gasteiger charge is -2.20. The van der Waals surface area contributed by atoms with Crippen LogP contribution in [0.2, 0.25) is 0 Å². The van der Waals surface area contributed by atoms with Crippen molar-refractivity contribution in [1.82, 2.24) is 5.32 Å². The van der Waals surface area contributed by atoms with Crippen molar-refractivity contribution in [3.63, 3.8) is 0 Å². The summed E-state index contributed by atoms with van der Waals surface area (Å²) in [6.45, 7) is 6.10. The summed E-state index contributed by atoms with van der Waals surface area (Å²) in [4.78, 5) is 12.3. The Bertz CT molecular complexity index is 622. The van der Waals surface area contributed by atoms with E-state index in [1.54, 1.807) is 0 Å². The van der Waals surface area contributed by atoms with Crippen LogP contribution in [0.1, 0.15) is 41.3 Å². The maximum Gasteiger partial charge on any atom is 0.241 e. The summed E-state index contributed by atoms with van der Waals surface area (Å²) in [5, 5.41) is 2.99.